The van der Waals surface area contributed by atoms with E-state index in [1.54, 1.807) is 0 Å². The average molecular weight is 1400 g/mol. The molecule has 0 spiro atoms. The molecule has 0 radical (unpaired) electrons. The van der Waals surface area contributed by atoms with Gasteiger partial charge in [0, 0.05) is 25.7 Å². The predicted molar refractivity (Wildman–Crippen MR) is 386 cm³/mol. The van der Waals surface area contributed by atoms with E-state index < -0.39 is 97.5 Å². The Balaban J connectivity index is 5.13. The van der Waals surface area contributed by atoms with Crippen LogP contribution in [0.1, 0.15) is 401 Å². The minimum Gasteiger partial charge on any atom is -0.462 e. The van der Waals surface area contributed by atoms with Crippen molar-refractivity contribution in [3.05, 3.63) is 0 Å². The summed E-state index contributed by atoms with van der Waals surface area (Å²) in [5.74, 6) is -1.31. The Kier molecular flexibility index (Phi) is 67.7. The van der Waals surface area contributed by atoms with Crippen LogP contribution in [0.25, 0.3) is 0 Å². The molecule has 0 aliphatic rings. The van der Waals surface area contributed by atoms with Crippen LogP contribution >= 0.6 is 15.6 Å². The van der Waals surface area contributed by atoms with Gasteiger partial charge >= 0.3 is 39.5 Å². The van der Waals surface area contributed by atoms with Crippen molar-refractivity contribution in [2.75, 3.05) is 39.6 Å². The molecular weight excluding hydrogens is 1250 g/mol. The van der Waals surface area contributed by atoms with Gasteiger partial charge in [-0.2, -0.15) is 0 Å². The number of esters is 4. The Labute approximate surface area is 581 Å². The zero-order valence-corrected chi connectivity index (χ0v) is 63.6. The van der Waals surface area contributed by atoms with Gasteiger partial charge in [0.05, 0.1) is 26.4 Å². The van der Waals surface area contributed by atoms with Gasteiger partial charge in [0.2, 0.25) is 0 Å². The third-order valence-electron chi connectivity index (χ3n) is 17.8. The summed E-state index contributed by atoms with van der Waals surface area (Å²) >= 11 is 0. The maximum atomic E-state index is 13.1. The van der Waals surface area contributed by atoms with Crippen molar-refractivity contribution in [1.82, 2.24) is 0 Å². The normalized spacial score (nSPS) is 13.9. The number of ether oxygens (including phenoxy) is 4. The third-order valence-corrected chi connectivity index (χ3v) is 19.7. The summed E-state index contributed by atoms with van der Waals surface area (Å²) in [5, 5.41) is 10.6. The lowest BCUT2D eigenvalue weighted by Gasteiger charge is -2.21. The van der Waals surface area contributed by atoms with Gasteiger partial charge in [0.1, 0.15) is 19.3 Å². The number of phosphoric ester groups is 2. The van der Waals surface area contributed by atoms with Crippen molar-refractivity contribution < 1.29 is 80.2 Å². The predicted octanol–water partition coefficient (Wildman–Crippen LogP) is 22.5. The van der Waals surface area contributed by atoms with E-state index in [1.807, 2.05) is 0 Å². The molecule has 0 aliphatic heterocycles. The number of carbonyl (C=O) groups excluding carboxylic acids is 4. The monoisotopic (exact) mass is 1400 g/mol. The van der Waals surface area contributed by atoms with Crippen LogP contribution in [0.2, 0.25) is 0 Å². The van der Waals surface area contributed by atoms with Crippen molar-refractivity contribution in [2.45, 2.75) is 419 Å². The number of unbranched alkanes of at least 4 members (excludes halogenated alkanes) is 48. The fraction of sp³-hybridized carbons (Fsp3) is 0.947. The Morgan fingerprint density at radius 2 is 0.484 bits per heavy atom. The smallest absolute Gasteiger partial charge is 0.462 e. The average Bonchev–Trinajstić information content (AvgIpc) is 2.03. The second-order valence-electron chi connectivity index (χ2n) is 27.9. The van der Waals surface area contributed by atoms with E-state index in [0.717, 1.165) is 102 Å². The molecule has 0 aromatic rings. The van der Waals surface area contributed by atoms with Gasteiger partial charge < -0.3 is 33.8 Å². The number of hydrogen-bond donors (Lipinski definition) is 3. The SMILES string of the molecule is CCCCCCCCCCCCCCCCCCCCC(=O)OC[C@H](COP(=O)(O)OC[C@@H](O)COP(=O)(O)OC[C@@H](COC(=O)CCCCCCC)OC(=O)CCCCCCCCCCCCCCC)OC(=O)CCCCCCCCCCCCCCCCCCC(C)C. The van der Waals surface area contributed by atoms with E-state index in [9.17, 15) is 43.2 Å². The molecule has 5 atom stereocenters. The molecule has 17 nitrogen and oxygen atoms in total. The third kappa shape index (κ3) is 70.3. The molecule has 0 aromatic carbocycles. The van der Waals surface area contributed by atoms with Crippen molar-refractivity contribution in [3.63, 3.8) is 0 Å². The first kappa shape index (κ1) is 93.1. The van der Waals surface area contributed by atoms with Crippen LogP contribution in [-0.2, 0) is 65.4 Å². The zero-order chi connectivity index (χ0) is 69.8. The van der Waals surface area contributed by atoms with Crippen LogP contribution < -0.4 is 0 Å². The summed E-state index contributed by atoms with van der Waals surface area (Å²) in [6.45, 7) is 7.24. The summed E-state index contributed by atoms with van der Waals surface area (Å²) in [4.78, 5) is 72.5. The van der Waals surface area contributed by atoms with Gasteiger partial charge in [-0.3, -0.25) is 37.3 Å². The van der Waals surface area contributed by atoms with Crippen LogP contribution in [-0.4, -0.2) is 96.7 Å². The van der Waals surface area contributed by atoms with Gasteiger partial charge in [-0.05, 0) is 31.6 Å². The highest BCUT2D eigenvalue weighted by Crippen LogP contribution is 2.45. The van der Waals surface area contributed by atoms with Crippen molar-refractivity contribution >= 4 is 39.5 Å². The molecule has 0 amide bonds. The fourth-order valence-electron chi connectivity index (χ4n) is 11.7. The van der Waals surface area contributed by atoms with E-state index in [2.05, 4.69) is 34.6 Å². The summed E-state index contributed by atoms with van der Waals surface area (Å²) in [6, 6.07) is 0. The molecule has 3 N–H and O–H groups in total. The number of aliphatic hydroxyl groups is 1. The molecule has 0 fully saturated rings. The van der Waals surface area contributed by atoms with Crippen LogP contribution in [0.3, 0.4) is 0 Å². The highest BCUT2D eigenvalue weighted by Gasteiger charge is 2.30. The summed E-state index contributed by atoms with van der Waals surface area (Å²) in [5.41, 5.74) is 0. The molecule has 564 valence electrons. The van der Waals surface area contributed by atoms with Crippen molar-refractivity contribution in [1.29, 1.82) is 0 Å². The maximum absolute atomic E-state index is 13.1. The van der Waals surface area contributed by atoms with Crippen LogP contribution in [0.5, 0.6) is 0 Å². The number of aliphatic hydroxyl groups excluding tert-OH is 1. The Hall–Kier alpha value is -1.94. The highest BCUT2D eigenvalue weighted by molar-refractivity contribution is 7.47. The number of hydrogen-bond acceptors (Lipinski definition) is 15. The summed E-state index contributed by atoms with van der Waals surface area (Å²) in [6.07, 6.45) is 58.7. The molecule has 0 heterocycles. The molecule has 0 bridgehead atoms. The van der Waals surface area contributed by atoms with Crippen molar-refractivity contribution in [2.24, 2.45) is 5.92 Å². The Morgan fingerprint density at radius 1 is 0.284 bits per heavy atom. The maximum Gasteiger partial charge on any atom is 0.472 e. The van der Waals surface area contributed by atoms with Gasteiger partial charge in [-0.25, -0.2) is 9.13 Å². The first-order valence-corrected chi connectivity index (χ1v) is 42.6. The molecule has 19 heteroatoms. The van der Waals surface area contributed by atoms with Gasteiger partial charge in [-0.15, -0.1) is 0 Å². The minimum absolute atomic E-state index is 0.107. The zero-order valence-electron chi connectivity index (χ0n) is 61.8. The number of carbonyl (C=O) groups is 4. The van der Waals surface area contributed by atoms with Crippen molar-refractivity contribution in [3.8, 4) is 0 Å². The molecule has 95 heavy (non-hydrogen) atoms. The number of phosphoric acid groups is 2. The second-order valence-corrected chi connectivity index (χ2v) is 30.8. The topological polar surface area (TPSA) is 237 Å². The van der Waals surface area contributed by atoms with Gasteiger partial charge in [0.25, 0.3) is 0 Å². The molecule has 0 saturated heterocycles. The molecular formula is C76H148O17P2. The highest BCUT2D eigenvalue weighted by atomic mass is 31.2. The minimum atomic E-state index is -4.95. The molecule has 0 aromatic heterocycles. The summed E-state index contributed by atoms with van der Waals surface area (Å²) < 4.78 is 68.3. The summed E-state index contributed by atoms with van der Waals surface area (Å²) in [7, 11) is -9.90. The van der Waals surface area contributed by atoms with Crippen LogP contribution in [0.15, 0.2) is 0 Å². The largest absolute Gasteiger partial charge is 0.472 e. The van der Waals surface area contributed by atoms with E-state index in [0.29, 0.717) is 25.7 Å². The first-order chi connectivity index (χ1) is 46.0. The van der Waals surface area contributed by atoms with E-state index in [1.165, 1.54) is 218 Å². The first-order valence-electron chi connectivity index (χ1n) is 39.6. The molecule has 0 aliphatic carbocycles. The lowest BCUT2D eigenvalue weighted by Crippen LogP contribution is -2.30. The quantitative estimate of drug-likeness (QED) is 0.0222. The van der Waals surface area contributed by atoms with Crippen LogP contribution in [0.4, 0.5) is 0 Å². The number of rotatable bonds is 76. The van der Waals surface area contributed by atoms with Gasteiger partial charge in [0.15, 0.2) is 12.2 Å². The lowest BCUT2D eigenvalue weighted by molar-refractivity contribution is -0.161. The standard InChI is InChI=1S/C76H148O17P2/c1-6-9-12-15-17-19-21-23-24-25-26-30-34-37-41-45-50-55-60-74(79)87-66-72(93-76(81)62-57-52-47-43-39-35-31-28-27-29-33-36-40-44-49-53-58-69(4)5)68-91-95(84,85)89-64-70(77)63-88-94(82,83)90-67-71(65-86-73(78)59-54-48-14-11-8-3)92-75(80)61-56-51-46-42-38-32-22-20-18-16-13-10-7-2/h69-72,77H,6-68H2,1-5H3,(H,82,83)(H,84,85)/t70-,71+,72+/m0/s1. The van der Waals surface area contributed by atoms with E-state index in [4.69, 9.17) is 37.0 Å². The van der Waals surface area contributed by atoms with Crippen LogP contribution in [0, 0.1) is 5.92 Å². The molecule has 0 rings (SSSR count). The Morgan fingerprint density at radius 3 is 0.716 bits per heavy atom. The Bertz CT molecular complexity index is 1820. The lowest BCUT2D eigenvalue weighted by atomic mass is 10.0. The second kappa shape index (κ2) is 69.2. The molecule has 0 saturated carbocycles. The molecule has 2 unspecified atom stereocenters. The van der Waals surface area contributed by atoms with Gasteiger partial charge in [-0.1, -0.05) is 349 Å². The van der Waals surface area contributed by atoms with E-state index >= 15 is 0 Å². The van der Waals surface area contributed by atoms with E-state index in [-0.39, 0.29) is 25.7 Å². The fourth-order valence-corrected chi connectivity index (χ4v) is 13.3.